The number of thioether (sulfide) groups is 1. The summed E-state index contributed by atoms with van der Waals surface area (Å²) in [6, 6.07) is 10.0. The van der Waals surface area contributed by atoms with Crippen LogP contribution in [-0.2, 0) is 14.8 Å². The molecule has 0 aliphatic heterocycles. The lowest BCUT2D eigenvalue weighted by Crippen LogP contribution is -2.44. The van der Waals surface area contributed by atoms with Crippen LogP contribution in [0.25, 0.3) is 0 Å². The summed E-state index contributed by atoms with van der Waals surface area (Å²) in [5, 5.41) is 3.03. The van der Waals surface area contributed by atoms with Crippen molar-refractivity contribution in [3.05, 3.63) is 47.5 Å². The zero-order valence-electron chi connectivity index (χ0n) is 16.3. The number of rotatable bonds is 10. The van der Waals surface area contributed by atoms with Crippen LogP contribution < -0.4 is 19.5 Å². The number of ether oxygens (including phenoxy) is 2. The normalized spacial score (nSPS) is 12.3. The van der Waals surface area contributed by atoms with E-state index in [9.17, 15) is 13.2 Å². The van der Waals surface area contributed by atoms with Crippen molar-refractivity contribution in [3.8, 4) is 11.5 Å². The Morgan fingerprint density at radius 2 is 1.83 bits per heavy atom. The van der Waals surface area contributed by atoms with Crippen LogP contribution in [0.1, 0.15) is 6.42 Å². The lowest BCUT2D eigenvalue weighted by atomic mass is 10.2. The molecule has 0 heterocycles. The van der Waals surface area contributed by atoms with Crippen LogP contribution in [0.2, 0.25) is 5.02 Å². The monoisotopic (exact) mass is 458 g/mol. The highest BCUT2D eigenvalue weighted by atomic mass is 35.5. The highest BCUT2D eigenvalue weighted by Crippen LogP contribution is 2.27. The number of carbonyl (C=O) groups is 1. The van der Waals surface area contributed by atoms with Crippen molar-refractivity contribution in [2.24, 2.45) is 0 Å². The molecule has 0 saturated heterocycles. The molecule has 1 amide bonds. The third-order valence-electron chi connectivity index (χ3n) is 4.00. The van der Waals surface area contributed by atoms with Crippen LogP contribution in [0.3, 0.4) is 0 Å². The summed E-state index contributed by atoms with van der Waals surface area (Å²) in [5.41, 5.74) is 0.437. The van der Waals surface area contributed by atoms with Crippen molar-refractivity contribution in [2.45, 2.75) is 17.4 Å². The molecule has 0 aliphatic carbocycles. The van der Waals surface area contributed by atoms with Gasteiger partial charge in [-0.05, 0) is 48.8 Å². The Balaban J connectivity index is 2.24. The molecular weight excluding hydrogens is 436 g/mol. The first kappa shape index (κ1) is 23.3. The minimum Gasteiger partial charge on any atom is -0.495 e. The summed E-state index contributed by atoms with van der Waals surface area (Å²) in [4.78, 5) is 12.8. The SMILES string of the molecule is COc1ccc(NC(=O)[C@H](CCSC)NS(=O)(=O)c2ccccc2OC)cc1Cl. The van der Waals surface area contributed by atoms with Crippen molar-refractivity contribution < 1.29 is 22.7 Å². The smallest absolute Gasteiger partial charge is 0.244 e. The zero-order valence-corrected chi connectivity index (χ0v) is 18.7. The Hall–Kier alpha value is -1.94. The van der Waals surface area contributed by atoms with Gasteiger partial charge in [0.25, 0.3) is 0 Å². The number of methoxy groups -OCH3 is 2. The van der Waals surface area contributed by atoms with Gasteiger partial charge in [0.15, 0.2) is 0 Å². The van der Waals surface area contributed by atoms with E-state index in [0.717, 1.165) is 0 Å². The van der Waals surface area contributed by atoms with Gasteiger partial charge < -0.3 is 14.8 Å². The zero-order chi connectivity index (χ0) is 21.4. The van der Waals surface area contributed by atoms with Crippen LogP contribution in [0.5, 0.6) is 11.5 Å². The van der Waals surface area contributed by atoms with E-state index in [2.05, 4.69) is 10.0 Å². The Bertz CT molecular complexity index is 953. The van der Waals surface area contributed by atoms with Gasteiger partial charge in [-0.1, -0.05) is 23.7 Å². The topological polar surface area (TPSA) is 93.7 Å². The lowest BCUT2D eigenvalue weighted by molar-refractivity contribution is -0.117. The second-order valence-electron chi connectivity index (χ2n) is 5.94. The maximum Gasteiger partial charge on any atom is 0.244 e. The van der Waals surface area contributed by atoms with Crippen LogP contribution in [0, 0.1) is 0 Å². The summed E-state index contributed by atoms with van der Waals surface area (Å²) >= 11 is 7.60. The second kappa shape index (κ2) is 10.7. The third-order valence-corrected chi connectivity index (χ3v) is 6.45. The number of nitrogens with one attached hydrogen (secondary N) is 2. The molecule has 0 spiro atoms. The molecule has 0 aliphatic rings. The van der Waals surface area contributed by atoms with E-state index in [0.29, 0.717) is 28.6 Å². The van der Waals surface area contributed by atoms with Gasteiger partial charge in [0, 0.05) is 5.69 Å². The van der Waals surface area contributed by atoms with Gasteiger partial charge in [-0.3, -0.25) is 4.79 Å². The fourth-order valence-electron chi connectivity index (χ4n) is 2.54. The van der Waals surface area contributed by atoms with Gasteiger partial charge >= 0.3 is 0 Å². The minimum atomic E-state index is -3.98. The van der Waals surface area contributed by atoms with E-state index in [1.54, 1.807) is 36.4 Å². The van der Waals surface area contributed by atoms with Crippen molar-refractivity contribution >= 4 is 45.0 Å². The van der Waals surface area contributed by atoms with Crippen LogP contribution in [0.4, 0.5) is 5.69 Å². The number of anilines is 1. The molecule has 2 aromatic rings. The molecule has 0 saturated carbocycles. The molecule has 0 bridgehead atoms. The number of hydrogen-bond acceptors (Lipinski definition) is 6. The van der Waals surface area contributed by atoms with Gasteiger partial charge in [0.1, 0.15) is 22.4 Å². The maximum atomic E-state index is 12.9. The number of benzene rings is 2. The average molecular weight is 459 g/mol. The first-order valence-electron chi connectivity index (χ1n) is 8.61. The Morgan fingerprint density at radius 1 is 1.14 bits per heavy atom. The van der Waals surface area contributed by atoms with E-state index in [4.69, 9.17) is 21.1 Å². The molecular formula is C19H23ClN2O5S2. The van der Waals surface area contributed by atoms with Crippen molar-refractivity contribution in [3.63, 3.8) is 0 Å². The molecule has 7 nitrogen and oxygen atoms in total. The summed E-state index contributed by atoms with van der Waals surface area (Å²) in [5.74, 6) is 0.779. The molecule has 2 N–H and O–H groups in total. The second-order valence-corrected chi connectivity index (χ2v) is 9.02. The van der Waals surface area contributed by atoms with Gasteiger partial charge in [-0.2, -0.15) is 16.5 Å². The molecule has 0 radical (unpaired) electrons. The Labute approximate surface area is 180 Å². The van der Waals surface area contributed by atoms with Gasteiger partial charge in [0.2, 0.25) is 15.9 Å². The van der Waals surface area contributed by atoms with E-state index < -0.39 is 22.0 Å². The van der Waals surface area contributed by atoms with Gasteiger partial charge in [-0.25, -0.2) is 8.42 Å². The van der Waals surface area contributed by atoms with Gasteiger partial charge in [0.05, 0.1) is 19.2 Å². The third kappa shape index (κ3) is 6.27. The molecule has 0 fully saturated rings. The van der Waals surface area contributed by atoms with Crippen molar-refractivity contribution in [1.29, 1.82) is 0 Å². The van der Waals surface area contributed by atoms with E-state index in [-0.39, 0.29) is 10.6 Å². The Kier molecular flexibility index (Phi) is 8.63. The molecule has 158 valence electrons. The molecule has 1 atom stereocenters. The quantitative estimate of drug-likeness (QED) is 0.566. The summed E-state index contributed by atoms with van der Waals surface area (Å²) in [6.45, 7) is 0. The number of halogens is 1. The minimum absolute atomic E-state index is 0.0306. The largest absolute Gasteiger partial charge is 0.495 e. The number of amides is 1. The number of carbonyl (C=O) groups excluding carboxylic acids is 1. The van der Waals surface area contributed by atoms with Crippen LogP contribution in [-0.4, -0.2) is 46.6 Å². The Morgan fingerprint density at radius 3 is 2.45 bits per heavy atom. The first-order valence-corrected chi connectivity index (χ1v) is 11.9. The first-order chi connectivity index (χ1) is 13.8. The highest BCUT2D eigenvalue weighted by molar-refractivity contribution is 7.98. The molecule has 2 aromatic carbocycles. The highest BCUT2D eigenvalue weighted by Gasteiger charge is 2.27. The summed E-state index contributed by atoms with van der Waals surface area (Å²) in [6.07, 6.45) is 2.19. The predicted octanol–water partition coefficient (Wildman–Crippen LogP) is 3.40. The summed E-state index contributed by atoms with van der Waals surface area (Å²) < 4.78 is 38.4. The standard InChI is InChI=1S/C19H23ClN2O5S2/c1-26-16-9-8-13(12-14(16)20)21-19(23)15(10-11-28-3)22-29(24,25)18-7-5-4-6-17(18)27-2/h4-9,12,15,22H,10-11H2,1-3H3,(H,21,23)/t15-/m0/s1. The molecule has 0 unspecified atom stereocenters. The summed E-state index contributed by atoms with van der Waals surface area (Å²) in [7, 11) is -1.10. The lowest BCUT2D eigenvalue weighted by Gasteiger charge is -2.19. The number of sulfonamides is 1. The van der Waals surface area contributed by atoms with E-state index >= 15 is 0 Å². The molecule has 10 heteroatoms. The van der Waals surface area contributed by atoms with Crippen LogP contribution in [0.15, 0.2) is 47.4 Å². The molecule has 29 heavy (non-hydrogen) atoms. The van der Waals surface area contributed by atoms with Crippen molar-refractivity contribution in [2.75, 3.05) is 31.5 Å². The number of para-hydroxylation sites is 1. The number of hydrogen-bond donors (Lipinski definition) is 2. The predicted molar refractivity (Wildman–Crippen MR) is 117 cm³/mol. The fraction of sp³-hybridized carbons (Fsp3) is 0.316. The van der Waals surface area contributed by atoms with Crippen molar-refractivity contribution in [1.82, 2.24) is 4.72 Å². The molecule has 2 rings (SSSR count). The van der Waals surface area contributed by atoms with Crippen LogP contribution >= 0.6 is 23.4 Å². The molecule has 0 aromatic heterocycles. The fourth-order valence-corrected chi connectivity index (χ4v) is 4.67. The van der Waals surface area contributed by atoms with E-state index in [1.807, 2.05) is 6.26 Å². The van der Waals surface area contributed by atoms with Gasteiger partial charge in [-0.15, -0.1) is 0 Å². The van der Waals surface area contributed by atoms with E-state index in [1.165, 1.54) is 32.0 Å². The maximum absolute atomic E-state index is 12.9. The average Bonchev–Trinajstić information content (AvgIpc) is 2.71.